The molecule has 0 saturated heterocycles. The summed E-state index contributed by atoms with van der Waals surface area (Å²) in [5.41, 5.74) is 6.76. The van der Waals surface area contributed by atoms with Gasteiger partial charge in [-0.3, -0.25) is 0 Å². The predicted octanol–water partition coefficient (Wildman–Crippen LogP) is 8.64. The number of aromatic nitrogens is 1. The van der Waals surface area contributed by atoms with E-state index >= 15 is 0 Å². The van der Waals surface area contributed by atoms with Gasteiger partial charge in [0.05, 0.1) is 0 Å². The number of carbonyl (C=O) groups is 1. The molecule has 44 heavy (non-hydrogen) atoms. The van der Waals surface area contributed by atoms with Crippen molar-refractivity contribution >= 4 is 6.09 Å². The van der Waals surface area contributed by atoms with Crippen LogP contribution in [0.5, 0.6) is 11.8 Å². The zero-order valence-corrected chi connectivity index (χ0v) is 25.5. The number of hydrogen-bond acceptors (Lipinski definition) is 5. The van der Waals surface area contributed by atoms with E-state index in [-0.39, 0.29) is 0 Å². The molecule has 1 N–H and O–H groups in total. The van der Waals surface area contributed by atoms with Gasteiger partial charge in [0.15, 0.2) is 0 Å². The number of ether oxygens (including phenoxy) is 3. The summed E-state index contributed by atoms with van der Waals surface area (Å²) >= 11 is 0. The molecule has 1 amide bonds. The summed E-state index contributed by atoms with van der Waals surface area (Å²) < 4.78 is 17.7. The largest absolute Gasteiger partial charge is 0.473 e. The van der Waals surface area contributed by atoms with Gasteiger partial charge in [0.1, 0.15) is 18.8 Å². The summed E-state index contributed by atoms with van der Waals surface area (Å²) in [5, 5.41) is 2.84. The molecule has 4 aromatic carbocycles. The Bertz CT molecular complexity index is 1660. The van der Waals surface area contributed by atoms with E-state index in [2.05, 4.69) is 41.7 Å². The van der Waals surface area contributed by atoms with Gasteiger partial charge < -0.3 is 19.5 Å². The molecule has 0 atom stereocenters. The molecule has 0 fully saturated rings. The number of alkyl carbamates (subject to hydrolysis) is 1. The van der Waals surface area contributed by atoms with Crippen molar-refractivity contribution < 1.29 is 19.0 Å². The molecule has 0 aliphatic rings. The maximum Gasteiger partial charge on any atom is 0.407 e. The fourth-order valence-electron chi connectivity index (χ4n) is 4.69. The molecule has 0 saturated carbocycles. The number of nitrogens with one attached hydrogen (secondary N) is 1. The Kier molecular flexibility index (Phi) is 9.92. The molecule has 224 valence electrons. The predicted molar refractivity (Wildman–Crippen MR) is 175 cm³/mol. The third kappa shape index (κ3) is 8.95. The lowest BCUT2D eigenvalue weighted by atomic mass is 9.98. The van der Waals surface area contributed by atoms with Crippen LogP contribution in [0, 0.1) is 0 Å². The maximum atomic E-state index is 12.0. The van der Waals surface area contributed by atoms with Gasteiger partial charge in [-0.15, -0.1) is 0 Å². The van der Waals surface area contributed by atoms with Gasteiger partial charge in [-0.25, -0.2) is 4.79 Å². The first kappa shape index (κ1) is 30.4. The van der Waals surface area contributed by atoms with Gasteiger partial charge >= 0.3 is 6.09 Å². The lowest BCUT2D eigenvalue weighted by Gasteiger charge is -2.19. The summed E-state index contributed by atoms with van der Waals surface area (Å²) in [7, 11) is 0. The summed E-state index contributed by atoms with van der Waals surface area (Å²) in [4.78, 5) is 16.8. The molecule has 1 heterocycles. The van der Waals surface area contributed by atoms with Crippen LogP contribution in [-0.2, 0) is 24.4 Å². The lowest BCUT2D eigenvalue weighted by Crippen LogP contribution is -2.33. The molecule has 6 heteroatoms. The van der Waals surface area contributed by atoms with Crippen LogP contribution >= 0.6 is 0 Å². The van der Waals surface area contributed by atoms with Gasteiger partial charge in [-0.1, -0.05) is 103 Å². The highest BCUT2D eigenvalue weighted by atomic mass is 16.6. The molecule has 5 rings (SSSR count). The van der Waals surface area contributed by atoms with Crippen molar-refractivity contribution in [1.29, 1.82) is 0 Å². The zero-order chi connectivity index (χ0) is 30.8. The van der Waals surface area contributed by atoms with E-state index in [1.54, 1.807) is 0 Å². The van der Waals surface area contributed by atoms with E-state index in [0.29, 0.717) is 37.9 Å². The molecule has 0 aliphatic heterocycles. The fourth-order valence-corrected chi connectivity index (χ4v) is 4.69. The Morgan fingerprint density at radius 3 is 1.93 bits per heavy atom. The zero-order valence-electron chi connectivity index (χ0n) is 25.5. The number of amides is 1. The van der Waals surface area contributed by atoms with Gasteiger partial charge in [-0.2, -0.15) is 4.98 Å². The van der Waals surface area contributed by atoms with E-state index in [9.17, 15) is 4.79 Å². The van der Waals surface area contributed by atoms with Crippen LogP contribution in [0.3, 0.4) is 0 Å². The smallest absolute Gasteiger partial charge is 0.407 e. The fraction of sp³-hybridized carbons (Fsp3) is 0.211. The SMILES string of the molecule is CC(C)(C)OC(=O)NCCc1cccc(-c2cccc(-c3ccc(OCc4ccccc4)nc3OCc3ccccc3)c2)c1. The Morgan fingerprint density at radius 1 is 0.659 bits per heavy atom. The standard InChI is InChI=1S/C38H38N2O4/c1-38(2,3)44-37(41)39-23-22-28-16-10-17-31(24-28)32-18-11-19-33(25-32)34-20-21-35(42-26-29-12-6-4-7-13-29)40-36(34)43-27-30-14-8-5-9-15-30/h4-21,24-25H,22-23,26-27H2,1-3H3,(H,39,41). The molecule has 0 radical (unpaired) electrons. The summed E-state index contributed by atoms with van der Waals surface area (Å²) in [5.74, 6) is 1.02. The number of pyridine rings is 1. The summed E-state index contributed by atoms with van der Waals surface area (Å²) in [6.07, 6.45) is 0.287. The first-order valence-corrected chi connectivity index (χ1v) is 14.8. The average molecular weight is 587 g/mol. The molecule has 0 aliphatic carbocycles. The van der Waals surface area contributed by atoms with Crippen LogP contribution in [0.2, 0.25) is 0 Å². The van der Waals surface area contributed by atoms with Gasteiger partial charge in [0, 0.05) is 18.2 Å². The molecule has 0 spiro atoms. The van der Waals surface area contributed by atoms with Crippen LogP contribution in [-0.4, -0.2) is 23.2 Å². The Morgan fingerprint density at radius 2 is 1.25 bits per heavy atom. The highest BCUT2D eigenvalue weighted by Gasteiger charge is 2.16. The van der Waals surface area contributed by atoms with Crippen molar-refractivity contribution in [2.75, 3.05) is 6.54 Å². The van der Waals surface area contributed by atoms with Crippen LogP contribution in [0.1, 0.15) is 37.5 Å². The van der Waals surface area contributed by atoms with Crippen molar-refractivity contribution in [3.8, 4) is 34.0 Å². The van der Waals surface area contributed by atoms with Gasteiger partial charge in [0.2, 0.25) is 11.8 Å². The van der Waals surface area contributed by atoms with Crippen LogP contribution in [0.15, 0.2) is 121 Å². The molecular weight excluding hydrogens is 548 g/mol. The average Bonchev–Trinajstić information content (AvgIpc) is 3.03. The summed E-state index contributed by atoms with van der Waals surface area (Å²) in [6, 6.07) is 40.7. The Balaban J connectivity index is 1.35. The normalized spacial score (nSPS) is 11.1. The van der Waals surface area contributed by atoms with E-state index in [1.807, 2.05) is 106 Å². The van der Waals surface area contributed by atoms with Crippen LogP contribution in [0.25, 0.3) is 22.3 Å². The van der Waals surface area contributed by atoms with E-state index in [4.69, 9.17) is 19.2 Å². The maximum absolute atomic E-state index is 12.0. The molecule has 0 bridgehead atoms. The first-order valence-electron chi connectivity index (χ1n) is 14.8. The third-order valence-electron chi connectivity index (χ3n) is 6.80. The highest BCUT2D eigenvalue weighted by molar-refractivity contribution is 5.76. The monoisotopic (exact) mass is 586 g/mol. The van der Waals surface area contributed by atoms with Crippen molar-refractivity contribution in [2.24, 2.45) is 0 Å². The minimum Gasteiger partial charge on any atom is -0.473 e. The Labute approximate surface area is 259 Å². The van der Waals surface area contributed by atoms with Crippen LogP contribution < -0.4 is 14.8 Å². The topological polar surface area (TPSA) is 69.7 Å². The minimum absolute atomic E-state index is 0.391. The highest BCUT2D eigenvalue weighted by Crippen LogP contribution is 2.34. The second-order valence-electron chi connectivity index (χ2n) is 11.5. The molecule has 1 aromatic heterocycles. The number of benzene rings is 4. The second kappa shape index (κ2) is 14.4. The first-order chi connectivity index (χ1) is 21.3. The third-order valence-corrected chi connectivity index (χ3v) is 6.80. The summed E-state index contributed by atoms with van der Waals surface area (Å²) in [6.45, 7) is 6.86. The molecule has 0 unspecified atom stereocenters. The molecule has 6 nitrogen and oxygen atoms in total. The second-order valence-corrected chi connectivity index (χ2v) is 11.5. The number of hydrogen-bond donors (Lipinski definition) is 1. The molecular formula is C38H38N2O4. The van der Waals surface area contributed by atoms with E-state index < -0.39 is 11.7 Å². The Hall–Kier alpha value is -5.10. The van der Waals surface area contributed by atoms with Gasteiger partial charge in [-0.05, 0) is 72.7 Å². The number of carbonyl (C=O) groups excluding carboxylic acids is 1. The quantitative estimate of drug-likeness (QED) is 0.168. The number of nitrogens with zero attached hydrogens (tertiary/aromatic N) is 1. The van der Waals surface area contributed by atoms with Crippen molar-refractivity contribution in [3.63, 3.8) is 0 Å². The van der Waals surface area contributed by atoms with E-state index in [0.717, 1.165) is 38.9 Å². The number of rotatable bonds is 11. The van der Waals surface area contributed by atoms with Crippen molar-refractivity contribution in [3.05, 3.63) is 138 Å². The van der Waals surface area contributed by atoms with E-state index in [1.165, 1.54) is 0 Å². The minimum atomic E-state index is -0.521. The van der Waals surface area contributed by atoms with Gasteiger partial charge in [0.25, 0.3) is 0 Å². The van der Waals surface area contributed by atoms with Crippen molar-refractivity contribution in [1.82, 2.24) is 10.3 Å². The molecule has 5 aromatic rings. The van der Waals surface area contributed by atoms with Crippen LogP contribution in [0.4, 0.5) is 4.79 Å². The lowest BCUT2D eigenvalue weighted by molar-refractivity contribution is 0.0528. The van der Waals surface area contributed by atoms with Crippen molar-refractivity contribution in [2.45, 2.75) is 46.0 Å².